The lowest BCUT2D eigenvalue weighted by atomic mass is 10.2. The maximum atomic E-state index is 11.8. The molecular formula is C13H11N5O3. The van der Waals surface area contributed by atoms with Crippen molar-refractivity contribution in [2.24, 2.45) is 0 Å². The number of imidazole rings is 1. The molecule has 0 bridgehead atoms. The number of carbonyl (C=O) groups is 2. The Balaban J connectivity index is 1.86. The maximum absolute atomic E-state index is 11.8. The van der Waals surface area contributed by atoms with Crippen LogP contribution in [0.5, 0.6) is 0 Å². The van der Waals surface area contributed by atoms with E-state index in [2.05, 4.69) is 15.3 Å². The molecule has 8 nitrogen and oxygen atoms in total. The van der Waals surface area contributed by atoms with Crippen molar-refractivity contribution in [3.63, 3.8) is 0 Å². The van der Waals surface area contributed by atoms with Crippen LogP contribution in [0.15, 0.2) is 30.9 Å². The lowest BCUT2D eigenvalue weighted by Gasteiger charge is -2.05. The molecule has 1 amide bonds. The van der Waals surface area contributed by atoms with Crippen LogP contribution in [0.25, 0.3) is 0 Å². The Morgan fingerprint density at radius 1 is 1.33 bits per heavy atom. The summed E-state index contributed by atoms with van der Waals surface area (Å²) in [6.45, 7) is 0.693. The van der Waals surface area contributed by atoms with Gasteiger partial charge in [-0.25, -0.2) is 14.8 Å². The summed E-state index contributed by atoms with van der Waals surface area (Å²) >= 11 is 0. The monoisotopic (exact) mass is 285 g/mol. The number of nitrogens with one attached hydrogen (secondary N) is 1. The van der Waals surface area contributed by atoms with E-state index in [1.165, 1.54) is 30.9 Å². The molecule has 2 N–H and O–H groups in total. The normalized spacial score (nSPS) is 9.86. The molecule has 0 aromatic carbocycles. The highest BCUT2D eigenvalue weighted by Crippen LogP contribution is 1.99. The first-order chi connectivity index (χ1) is 10.1. The van der Waals surface area contributed by atoms with Gasteiger partial charge in [0.1, 0.15) is 11.8 Å². The number of carboxylic acid groups (broad SMARTS) is 1. The predicted octanol–water partition coefficient (Wildman–Crippen LogP) is 0.278. The van der Waals surface area contributed by atoms with Crippen LogP contribution < -0.4 is 5.32 Å². The number of carbonyl (C=O) groups excluding carboxylic acids is 1. The van der Waals surface area contributed by atoms with E-state index in [4.69, 9.17) is 10.4 Å². The zero-order valence-electron chi connectivity index (χ0n) is 10.9. The molecule has 0 atom stereocenters. The summed E-state index contributed by atoms with van der Waals surface area (Å²) in [5.74, 6) is -1.46. The van der Waals surface area contributed by atoms with Crippen molar-refractivity contribution in [3.8, 4) is 6.07 Å². The third-order valence-corrected chi connectivity index (χ3v) is 2.63. The summed E-state index contributed by atoms with van der Waals surface area (Å²) in [6.07, 6.45) is 4.09. The van der Waals surface area contributed by atoms with Crippen LogP contribution in [0.3, 0.4) is 0 Å². The van der Waals surface area contributed by atoms with Crippen molar-refractivity contribution in [3.05, 3.63) is 47.8 Å². The number of pyridine rings is 1. The standard InChI is InChI=1S/C13H11N5O3/c14-5-9-1-2-10(16-6-9)12(19)15-3-4-18-7-11(13(20)21)17-8-18/h1-2,6-8H,3-4H2,(H,15,19)(H,20,21). The van der Waals surface area contributed by atoms with Gasteiger partial charge in [0.15, 0.2) is 5.69 Å². The quantitative estimate of drug-likeness (QED) is 0.813. The van der Waals surface area contributed by atoms with Crippen molar-refractivity contribution < 1.29 is 14.7 Å². The average Bonchev–Trinajstić information content (AvgIpc) is 2.96. The summed E-state index contributed by atoms with van der Waals surface area (Å²) in [4.78, 5) is 30.0. The Morgan fingerprint density at radius 2 is 2.14 bits per heavy atom. The first-order valence-electron chi connectivity index (χ1n) is 5.99. The van der Waals surface area contributed by atoms with Crippen LogP contribution in [-0.4, -0.2) is 38.1 Å². The maximum Gasteiger partial charge on any atom is 0.356 e. The van der Waals surface area contributed by atoms with Gasteiger partial charge in [-0.3, -0.25) is 4.79 Å². The average molecular weight is 285 g/mol. The van der Waals surface area contributed by atoms with Crippen LogP contribution in [0, 0.1) is 11.3 Å². The fraction of sp³-hybridized carbons (Fsp3) is 0.154. The van der Waals surface area contributed by atoms with Gasteiger partial charge < -0.3 is 15.0 Å². The first kappa shape index (κ1) is 14.2. The zero-order chi connectivity index (χ0) is 15.2. The minimum absolute atomic E-state index is 0.0462. The minimum Gasteiger partial charge on any atom is -0.476 e. The number of nitrogens with zero attached hydrogens (tertiary/aromatic N) is 4. The molecule has 2 aromatic heterocycles. The van der Waals surface area contributed by atoms with Gasteiger partial charge in [0.05, 0.1) is 11.9 Å². The molecule has 2 heterocycles. The first-order valence-corrected chi connectivity index (χ1v) is 5.99. The van der Waals surface area contributed by atoms with E-state index < -0.39 is 5.97 Å². The summed E-state index contributed by atoms with van der Waals surface area (Å²) in [7, 11) is 0. The van der Waals surface area contributed by atoms with Crippen LogP contribution in [0.1, 0.15) is 26.5 Å². The number of hydrogen-bond acceptors (Lipinski definition) is 5. The van der Waals surface area contributed by atoms with Gasteiger partial charge in [-0.15, -0.1) is 0 Å². The number of nitriles is 1. The molecule has 0 fully saturated rings. The molecule has 0 aliphatic rings. The Labute approximate surface area is 119 Å². The molecule has 0 saturated heterocycles. The van der Waals surface area contributed by atoms with Gasteiger partial charge in [0.25, 0.3) is 5.91 Å². The second kappa shape index (κ2) is 6.29. The molecule has 106 valence electrons. The van der Waals surface area contributed by atoms with Gasteiger partial charge in [-0.2, -0.15) is 5.26 Å². The van der Waals surface area contributed by atoms with E-state index in [-0.39, 0.29) is 17.3 Å². The van der Waals surface area contributed by atoms with Crippen LogP contribution in [-0.2, 0) is 6.54 Å². The van der Waals surface area contributed by atoms with Crippen molar-refractivity contribution in [1.82, 2.24) is 19.9 Å². The minimum atomic E-state index is -1.10. The van der Waals surface area contributed by atoms with Crippen molar-refractivity contribution in [1.29, 1.82) is 5.26 Å². The lowest BCUT2D eigenvalue weighted by Crippen LogP contribution is -2.27. The van der Waals surface area contributed by atoms with Gasteiger partial charge in [-0.1, -0.05) is 0 Å². The zero-order valence-corrected chi connectivity index (χ0v) is 10.9. The molecule has 0 spiro atoms. The predicted molar refractivity (Wildman–Crippen MR) is 70.5 cm³/mol. The van der Waals surface area contributed by atoms with Crippen LogP contribution >= 0.6 is 0 Å². The fourth-order valence-electron chi connectivity index (χ4n) is 1.58. The Bertz CT molecular complexity index is 699. The highest BCUT2D eigenvalue weighted by atomic mass is 16.4. The van der Waals surface area contributed by atoms with E-state index in [9.17, 15) is 9.59 Å². The lowest BCUT2D eigenvalue weighted by molar-refractivity contribution is 0.0690. The van der Waals surface area contributed by atoms with E-state index in [0.717, 1.165) is 0 Å². The van der Waals surface area contributed by atoms with Crippen molar-refractivity contribution in [2.75, 3.05) is 6.54 Å². The van der Waals surface area contributed by atoms with Crippen molar-refractivity contribution >= 4 is 11.9 Å². The number of carboxylic acids is 1. The number of hydrogen-bond donors (Lipinski definition) is 2. The topological polar surface area (TPSA) is 121 Å². The third-order valence-electron chi connectivity index (χ3n) is 2.63. The highest BCUT2D eigenvalue weighted by Gasteiger charge is 2.08. The Hall–Kier alpha value is -3.21. The largest absolute Gasteiger partial charge is 0.476 e. The smallest absolute Gasteiger partial charge is 0.356 e. The molecule has 0 radical (unpaired) electrons. The second-order valence-corrected chi connectivity index (χ2v) is 4.10. The van der Waals surface area contributed by atoms with Gasteiger partial charge >= 0.3 is 5.97 Å². The Kier molecular flexibility index (Phi) is 4.26. The van der Waals surface area contributed by atoms with Crippen LogP contribution in [0.2, 0.25) is 0 Å². The molecule has 0 unspecified atom stereocenters. The summed E-state index contributed by atoms with van der Waals surface area (Å²) in [5, 5.41) is 20.0. The molecule has 2 rings (SSSR count). The van der Waals surface area contributed by atoms with E-state index in [0.29, 0.717) is 18.7 Å². The summed E-state index contributed by atoms with van der Waals surface area (Å²) in [5.41, 5.74) is 0.548. The fourth-order valence-corrected chi connectivity index (χ4v) is 1.58. The second-order valence-electron chi connectivity index (χ2n) is 4.10. The SMILES string of the molecule is N#Cc1ccc(C(=O)NCCn2cnc(C(=O)O)c2)nc1. The molecule has 0 aliphatic heterocycles. The molecule has 8 heteroatoms. The van der Waals surface area contributed by atoms with Gasteiger partial charge in [-0.05, 0) is 12.1 Å². The Morgan fingerprint density at radius 3 is 2.71 bits per heavy atom. The molecule has 0 aliphatic carbocycles. The van der Waals surface area contributed by atoms with Crippen LogP contribution in [0.4, 0.5) is 0 Å². The van der Waals surface area contributed by atoms with E-state index in [1.54, 1.807) is 4.57 Å². The summed E-state index contributed by atoms with van der Waals surface area (Å²) in [6, 6.07) is 4.89. The molecular weight excluding hydrogens is 274 g/mol. The molecule has 21 heavy (non-hydrogen) atoms. The van der Waals surface area contributed by atoms with Crippen molar-refractivity contribution in [2.45, 2.75) is 6.54 Å². The number of amides is 1. The molecule has 0 saturated carbocycles. The number of aromatic carboxylic acids is 1. The van der Waals surface area contributed by atoms with Gasteiger partial charge in [0.2, 0.25) is 0 Å². The number of rotatable bonds is 5. The van der Waals surface area contributed by atoms with E-state index >= 15 is 0 Å². The highest BCUT2D eigenvalue weighted by molar-refractivity contribution is 5.92. The number of aromatic nitrogens is 3. The van der Waals surface area contributed by atoms with Gasteiger partial charge in [0, 0.05) is 25.5 Å². The molecule has 2 aromatic rings. The summed E-state index contributed by atoms with van der Waals surface area (Å²) < 4.78 is 1.57. The van der Waals surface area contributed by atoms with E-state index in [1.807, 2.05) is 6.07 Å². The third kappa shape index (κ3) is 3.63.